The highest BCUT2D eigenvalue weighted by Crippen LogP contribution is 2.32. The summed E-state index contributed by atoms with van der Waals surface area (Å²) in [4.78, 5) is 15.7. The van der Waals surface area contributed by atoms with Gasteiger partial charge in [-0.1, -0.05) is 6.92 Å². The van der Waals surface area contributed by atoms with Crippen molar-refractivity contribution in [1.82, 2.24) is 19.9 Å². The highest BCUT2D eigenvalue weighted by molar-refractivity contribution is 5.69. The summed E-state index contributed by atoms with van der Waals surface area (Å²) in [6, 6.07) is 0. The topological polar surface area (TPSA) is 124 Å². The van der Waals surface area contributed by atoms with E-state index in [1.165, 1.54) is 0 Å². The molecule has 1 fully saturated rings. The van der Waals surface area contributed by atoms with Crippen LogP contribution in [0.2, 0.25) is 0 Å². The van der Waals surface area contributed by atoms with Gasteiger partial charge in [0, 0.05) is 6.42 Å². The van der Waals surface area contributed by atoms with Crippen molar-refractivity contribution in [1.29, 1.82) is 0 Å². The molecule has 0 bridgehead atoms. The molecular weight excluding hydrogens is 264 g/mol. The minimum absolute atomic E-state index is 0.366. The molecule has 0 radical (unpaired) electrons. The maximum Gasteiger partial charge on any atom is 0.181 e. The molecule has 0 aliphatic carbocycles. The quantitative estimate of drug-likeness (QED) is 0.572. The van der Waals surface area contributed by atoms with E-state index in [0.717, 1.165) is 0 Å². The zero-order valence-electron chi connectivity index (χ0n) is 10.9. The molecule has 20 heavy (non-hydrogen) atoms. The molecular formula is C12H16N4O4. The SMILES string of the molecule is CCc1ncc2[nH]c(C3O[C@H](CO)[C@@H](O)[C@H]3O)nc2n1. The van der Waals surface area contributed by atoms with Gasteiger partial charge in [-0.05, 0) is 0 Å². The number of aryl methyl sites for hydroxylation is 1. The monoisotopic (exact) mass is 280 g/mol. The molecule has 4 atom stereocenters. The second kappa shape index (κ2) is 5.06. The van der Waals surface area contributed by atoms with Crippen LogP contribution in [0.15, 0.2) is 6.20 Å². The van der Waals surface area contributed by atoms with Gasteiger partial charge in [0.25, 0.3) is 0 Å². The summed E-state index contributed by atoms with van der Waals surface area (Å²) >= 11 is 0. The molecule has 1 aliphatic heterocycles. The Bertz CT molecular complexity index is 617. The van der Waals surface area contributed by atoms with Crippen LogP contribution in [-0.2, 0) is 11.2 Å². The Morgan fingerprint density at radius 3 is 2.75 bits per heavy atom. The number of hydrogen-bond acceptors (Lipinski definition) is 7. The van der Waals surface area contributed by atoms with Crippen LogP contribution < -0.4 is 0 Å². The average molecular weight is 280 g/mol. The first-order chi connectivity index (χ1) is 9.63. The van der Waals surface area contributed by atoms with Gasteiger partial charge in [0.1, 0.15) is 41.6 Å². The summed E-state index contributed by atoms with van der Waals surface area (Å²) in [6.07, 6.45) is -1.60. The highest BCUT2D eigenvalue weighted by Gasteiger charge is 2.44. The molecule has 2 aromatic rings. The summed E-state index contributed by atoms with van der Waals surface area (Å²) in [7, 11) is 0. The molecule has 4 N–H and O–H groups in total. The van der Waals surface area contributed by atoms with E-state index in [9.17, 15) is 10.2 Å². The number of fused-ring (bicyclic) bond motifs is 1. The molecule has 3 heterocycles. The van der Waals surface area contributed by atoms with E-state index in [2.05, 4.69) is 19.9 Å². The maximum absolute atomic E-state index is 9.96. The number of nitrogens with zero attached hydrogens (tertiary/aromatic N) is 3. The number of H-pyrrole nitrogens is 1. The molecule has 0 amide bonds. The summed E-state index contributed by atoms with van der Waals surface area (Å²) in [6.45, 7) is 1.58. The Hall–Kier alpha value is -1.61. The van der Waals surface area contributed by atoms with E-state index in [1.807, 2.05) is 6.92 Å². The Balaban J connectivity index is 1.94. The molecule has 1 saturated heterocycles. The van der Waals surface area contributed by atoms with Crippen LogP contribution in [0.1, 0.15) is 24.7 Å². The second-order valence-corrected chi connectivity index (χ2v) is 4.76. The summed E-state index contributed by atoms with van der Waals surface area (Å²) < 4.78 is 5.42. The number of aromatic amines is 1. The van der Waals surface area contributed by atoms with E-state index in [0.29, 0.717) is 29.2 Å². The third kappa shape index (κ3) is 2.06. The van der Waals surface area contributed by atoms with Crippen molar-refractivity contribution < 1.29 is 20.1 Å². The predicted octanol–water partition coefficient (Wildman–Crippen LogP) is -0.931. The van der Waals surface area contributed by atoms with Crippen molar-refractivity contribution in [2.24, 2.45) is 0 Å². The Labute approximate surface area is 114 Å². The zero-order chi connectivity index (χ0) is 14.3. The lowest BCUT2D eigenvalue weighted by Crippen LogP contribution is -2.32. The highest BCUT2D eigenvalue weighted by atomic mass is 16.6. The van der Waals surface area contributed by atoms with Crippen LogP contribution in [0.5, 0.6) is 0 Å². The maximum atomic E-state index is 9.96. The molecule has 8 nitrogen and oxygen atoms in total. The van der Waals surface area contributed by atoms with Crippen LogP contribution in [-0.4, -0.2) is 60.2 Å². The van der Waals surface area contributed by atoms with Crippen LogP contribution in [0, 0.1) is 0 Å². The molecule has 3 rings (SSSR count). The third-order valence-electron chi connectivity index (χ3n) is 3.44. The smallest absolute Gasteiger partial charge is 0.181 e. The van der Waals surface area contributed by atoms with Crippen LogP contribution >= 0.6 is 0 Å². The van der Waals surface area contributed by atoms with Crippen LogP contribution in [0.3, 0.4) is 0 Å². The zero-order valence-corrected chi connectivity index (χ0v) is 10.9. The molecule has 0 spiro atoms. The number of nitrogens with one attached hydrogen (secondary N) is 1. The van der Waals surface area contributed by atoms with Gasteiger partial charge in [0.05, 0.1) is 12.8 Å². The minimum atomic E-state index is -1.15. The van der Waals surface area contributed by atoms with Gasteiger partial charge in [-0.2, -0.15) is 0 Å². The molecule has 108 valence electrons. The van der Waals surface area contributed by atoms with E-state index < -0.39 is 24.4 Å². The van der Waals surface area contributed by atoms with Gasteiger partial charge in [0.15, 0.2) is 5.65 Å². The van der Waals surface area contributed by atoms with Gasteiger partial charge in [-0.25, -0.2) is 15.0 Å². The Kier molecular flexibility index (Phi) is 3.38. The molecule has 8 heteroatoms. The standard InChI is InChI=1S/C12H16N4O4/c1-2-7-13-3-5-11(15-7)16-12(14-5)10-9(19)8(18)6(4-17)20-10/h3,6,8-10,17-19H,2,4H2,1H3,(H,13,14,15,16)/t6-,8-,9-,10?/m1/s1. The van der Waals surface area contributed by atoms with Crippen molar-refractivity contribution in [2.45, 2.75) is 37.8 Å². The number of aliphatic hydroxyl groups excluding tert-OH is 3. The largest absolute Gasteiger partial charge is 0.394 e. The summed E-state index contributed by atoms with van der Waals surface area (Å²) in [5.41, 5.74) is 1.12. The minimum Gasteiger partial charge on any atom is -0.394 e. The van der Waals surface area contributed by atoms with E-state index >= 15 is 0 Å². The van der Waals surface area contributed by atoms with Gasteiger partial charge in [-0.15, -0.1) is 0 Å². The van der Waals surface area contributed by atoms with E-state index in [4.69, 9.17) is 9.84 Å². The van der Waals surface area contributed by atoms with Crippen molar-refractivity contribution in [3.05, 3.63) is 17.8 Å². The van der Waals surface area contributed by atoms with Gasteiger partial charge in [0.2, 0.25) is 0 Å². The first-order valence-electron chi connectivity index (χ1n) is 6.48. The molecule has 1 unspecified atom stereocenters. The lowest BCUT2D eigenvalue weighted by Gasteiger charge is -2.11. The van der Waals surface area contributed by atoms with Gasteiger partial charge < -0.3 is 25.0 Å². The second-order valence-electron chi connectivity index (χ2n) is 4.76. The first-order valence-corrected chi connectivity index (χ1v) is 6.48. The van der Waals surface area contributed by atoms with Gasteiger partial charge in [-0.3, -0.25) is 0 Å². The molecule has 1 aliphatic rings. The van der Waals surface area contributed by atoms with Crippen molar-refractivity contribution >= 4 is 11.2 Å². The Morgan fingerprint density at radius 1 is 1.30 bits per heavy atom. The molecule has 0 saturated carbocycles. The van der Waals surface area contributed by atoms with Gasteiger partial charge >= 0.3 is 0 Å². The van der Waals surface area contributed by atoms with E-state index in [1.54, 1.807) is 6.20 Å². The Morgan fingerprint density at radius 2 is 2.10 bits per heavy atom. The first kappa shape index (κ1) is 13.4. The lowest BCUT2D eigenvalue weighted by molar-refractivity contribution is -0.0249. The van der Waals surface area contributed by atoms with E-state index in [-0.39, 0.29) is 6.61 Å². The number of imidazole rings is 1. The van der Waals surface area contributed by atoms with Crippen LogP contribution in [0.4, 0.5) is 0 Å². The summed E-state index contributed by atoms with van der Waals surface area (Å²) in [5.74, 6) is 1.04. The number of aromatic nitrogens is 4. The fraction of sp³-hybridized carbons (Fsp3) is 0.583. The number of ether oxygens (including phenoxy) is 1. The van der Waals surface area contributed by atoms with Crippen molar-refractivity contribution in [3.8, 4) is 0 Å². The van der Waals surface area contributed by atoms with Crippen LogP contribution in [0.25, 0.3) is 11.2 Å². The number of aliphatic hydroxyl groups is 3. The number of rotatable bonds is 3. The number of hydrogen-bond donors (Lipinski definition) is 4. The summed E-state index contributed by atoms with van der Waals surface area (Å²) in [5, 5.41) is 28.8. The lowest BCUT2D eigenvalue weighted by atomic mass is 10.1. The third-order valence-corrected chi connectivity index (χ3v) is 3.44. The fourth-order valence-corrected chi connectivity index (χ4v) is 2.29. The molecule has 0 aromatic carbocycles. The molecule has 2 aromatic heterocycles. The normalized spacial score (nSPS) is 30.2. The fourth-order valence-electron chi connectivity index (χ4n) is 2.29. The van der Waals surface area contributed by atoms with Crippen molar-refractivity contribution in [2.75, 3.05) is 6.61 Å². The van der Waals surface area contributed by atoms with Crippen molar-refractivity contribution in [3.63, 3.8) is 0 Å². The predicted molar refractivity (Wildman–Crippen MR) is 67.8 cm³/mol. The average Bonchev–Trinajstić information content (AvgIpc) is 3.00.